The van der Waals surface area contributed by atoms with E-state index in [-0.39, 0.29) is 16.5 Å². The number of halogens is 2. The van der Waals surface area contributed by atoms with E-state index in [0.29, 0.717) is 0 Å². The van der Waals surface area contributed by atoms with E-state index in [1.807, 2.05) is 0 Å². The van der Waals surface area contributed by atoms with E-state index in [1.54, 1.807) is 13.0 Å². The molecule has 7 heteroatoms. The van der Waals surface area contributed by atoms with E-state index in [4.69, 9.17) is 11.6 Å². The van der Waals surface area contributed by atoms with Crippen LogP contribution in [0, 0.1) is 6.92 Å². The average molecular weight is 331 g/mol. The summed E-state index contributed by atoms with van der Waals surface area (Å²) in [5.41, 5.74) is 0. The van der Waals surface area contributed by atoms with Crippen molar-refractivity contribution in [3.05, 3.63) is 26.3 Å². The van der Waals surface area contributed by atoms with Gasteiger partial charge in [0.2, 0.25) is 10.0 Å². The van der Waals surface area contributed by atoms with E-state index in [2.05, 4.69) is 27.2 Å². The molecule has 1 aromatic rings. The predicted molar refractivity (Wildman–Crippen MR) is 66.9 cm³/mol. The summed E-state index contributed by atoms with van der Waals surface area (Å²) >= 11 is 10.1. The van der Waals surface area contributed by atoms with Crippen molar-refractivity contribution in [1.29, 1.82) is 0 Å². The summed E-state index contributed by atoms with van der Waals surface area (Å²) in [6.45, 7) is 5.20. The summed E-state index contributed by atoms with van der Waals surface area (Å²) in [5.74, 6) is 0. The second-order valence-corrected chi connectivity index (χ2v) is 7.72. The molecule has 0 atom stereocenters. The molecule has 0 unspecified atom stereocenters. The highest BCUT2D eigenvalue weighted by molar-refractivity contribution is 9.11. The van der Waals surface area contributed by atoms with Gasteiger partial charge in [-0.05, 0) is 28.9 Å². The fourth-order valence-electron chi connectivity index (χ4n) is 0.949. The Bertz CT molecular complexity index is 481. The molecule has 15 heavy (non-hydrogen) atoms. The first-order chi connectivity index (χ1) is 6.83. The average Bonchev–Trinajstić information content (AvgIpc) is 2.43. The third-order valence-corrected chi connectivity index (χ3v) is 4.93. The summed E-state index contributed by atoms with van der Waals surface area (Å²) < 4.78 is 26.6. The van der Waals surface area contributed by atoms with Crippen molar-refractivity contribution in [1.82, 2.24) is 4.72 Å². The van der Waals surface area contributed by atoms with Crippen LogP contribution in [-0.2, 0) is 10.0 Å². The maximum absolute atomic E-state index is 11.7. The van der Waals surface area contributed by atoms with E-state index in [1.165, 1.54) is 11.3 Å². The van der Waals surface area contributed by atoms with Gasteiger partial charge in [0.25, 0.3) is 0 Å². The molecule has 0 fully saturated rings. The molecule has 0 aliphatic heterocycles. The van der Waals surface area contributed by atoms with Gasteiger partial charge in [-0.2, -0.15) is 0 Å². The monoisotopic (exact) mass is 329 g/mol. The van der Waals surface area contributed by atoms with Crippen LogP contribution >= 0.6 is 38.9 Å². The molecule has 0 saturated heterocycles. The van der Waals surface area contributed by atoms with Gasteiger partial charge in [-0.15, -0.1) is 11.3 Å². The summed E-state index contributed by atoms with van der Waals surface area (Å²) in [6, 6.07) is 1.57. The van der Waals surface area contributed by atoms with Crippen LogP contribution in [0.15, 0.2) is 26.4 Å². The largest absolute Gasteiger partial charge is 0.242 e. The lowest BCUT2D eigenvalue weighted by atomic mass is 10.5. The van der Waals surface area contributed by atoms with Gasteiger partial charge < -0.3 is 0 Å². The summed E-state index contributed by atoms with van der Waals surface area (Å²) in [4.78, 5) is 1.01. The zero-order chi connectivity index (χ0) is 11.6. The number of aryl methyl sites for hydroxylation is 1. The highest BCUT2D eigenvalue weighted by Crippen LogP contribution is 2.29. The number of nitrogens with one attached hydrogen (secondary N) is 1. The van der Waals surface area contributed by atoms with Crippen LogP contribution in [0.25, 0.3) is 0 Å². The Morgan fingerprint density at radius 1 is 1.73 bits per heavy atom. The van der Waals surface area contributed by atoms with Crippen LogP contribution in [0.2, 0.25) is 0 Å². The lowest BCUT2D eigenvalue weighted by Gasteiger charge is -2.04. The Balaban J connectivity index is 2.96. The summed E-state index contributed by atoms with van der Waals surface area (Å²) in [5, 5.41) is 0.255. The molecule has 0 aliphatic carbocycles. The lowest BCUT2D eigenvalue weighted by molar-refractivity contribution is 0.585. The second-order valence-electron chi connectivity index (χ2n) is 2.81. The Labute approximate surface area is 106 Å². The summed E-state index contributed by atoms with van der Waals surface area (Å²) in [6.07, 6.45) is 0. The molecule has 0 saturated carbocycles. The third kappa shape index (κ3) is 3.57. The minimum Gasteiger partial charge on any atom is -0.207 e. The van der Waals surface area contributed by atoms with Crippen LogP contribution in [0.5, 0.6) is 0 Å². The van der Waals surface area contributed by atoms with E-state index >= 15 is 0 Å². The molecule has 1 aromatic heterocycles. The standard InChI is InChI=1S/C8H9BrClNO2S2/c1-5(10)4-11-15(12,13)7-3-8(9)14-6(7)2/h3,11H,1,4H2,2H3. The van der Waals surface area contributed by atoms with Crippen molar-refractivity contribution < 1.29 is 8.42 Å². The third-order valence-electron chi connectivity index (χ3n) is 1.59. The molecule has 0 bridgehead atoms. The molecule has 0 spiro atoms. The Morgan fingerprint density at radius 3 is 2.73 bits per heavy atom. The maximum Gasteiger partial charge on any atom is 0.242 e. The number of sulfonamides is 1. The lowest BCUT2D eigenvalue weighted by Crippen LogP contribution is -2.24. The van der Waals surface area contributed by atoms with Gasteiger partial charge in [-0.25, -0.2) is 13.1 Å². The van der Waals surface area contributed by atoms with Crippen molar-refractivity contribution >= 4 is 48.9 Å². The molecule has 1 N–H and O–H groups in total. The smallest absolute Gasteiger partial charge is 0.207 e. The van der Waals surface area contributed by atoms with Crippen LogP contribution in [0.4, 0.5) is 0 Å². The molecular weight excluding hydrogens is 322 g/mol. The van der Waals surface area contributed by atoms with Crippen molar-refractivity contribution in [3.8, 4) is 0 Å². The number of hydrogen-bond acceptors (Lipinski definition) is 3. The van der Waals surface area contributed by atoms with Crippen molar-refractivity contribution in [3.63, 3.8) is 0 Å². The zero-order valence-electron chi connectivity index (χ0n) is 7.88. The molecule has 1 rings (SSSR count). The highest BCUT2D eigenvalue weighted by Gasteiger charge is 2.18. The normalized spacial score (nSPS) is 11.7. The Morgan fingerprint density at radius 2 is 2.33 bits per heavy atom. The minimum atomic E-state index is -3.48. The van der Waals surface area contributed by atoms with Crippen molar-refractivity contribution in [2.24, 2.45) is 0 Å². The molecule has 0 amide bonds. The van der Waals surface area contributed by atoms with Gasteiger partial charge in [0.15, 0.2) is 0 Å². The maximum atomic E-state index is 11.7. The fourth-order valence-corrected chi connectivity index (χ4v) is 4.53. The van der Waals surface area contributed by atoms with E-state index in [0.717, 1.165) is 8.66 Å². The first-order valence-electron chi connectivity index (χ1n) is 3.92. The van der Waals surface area contributed by atoms with Crippen LogP contribution in [0.3, 0.4) is 0 Å². The van der Waals surface area contributed by atoms with Gasteiger partial charge in [0.05, 0.1) is 8.68 Å². The van der Waals surface area contributed by atoms with Gasteiger partial charge in [0.1, 0.15) is 0 Å². The predicted octanol–water partition coefficient (Wildman–Crippen LogP) is 2.85. The molecule has 0 radical (unpaired) electrons. The van der Waals surface area contributed by atoms with Gasteiger partial charge in [-0.1, -0.05) is 18.2 Å². The molecule has 0 aromatic carbocycles. The SMILES string of the molecule is C=C(Cl)CNS(=O)(=O)c1cc(Br)sc1C. The van der Waals surface area contributed by atoms with Crippen molar-refractivity contribution in [2.75, 3.05) is 6.54 Å². The van der Waals surface area contributed by atoms with Crippen LogP contribution < -0.4 is 4.72 Å². The van der Waals surface area contributed by atoms with E-state index < -0.39 is 10.0 Å². The second kappa shape index (κ2) is 4.97. The molecule has 84 valence electrons. The number of rotatable bonds is 4. The van der Waals surface area contributed by atoms with Crippen LogP contribution in [-0.4, -0.2) is 15.0 Å². The summed E-state index contributed by atoms with van der Waals surface area (Å²) in [7, 11) is -3.48. The fraction of sp³-hybridized carbons (Fsp3) is 0.250. The first kappa shape index (κ1) is 13.2. The van der Waals surface area contributed by atoms with E-state index in [9.17, 15) is 8.42 Å². The topological polar surface area (TPSA) is 46.2 Å². The van der Waals surface area contributed by atoms with Crippen molar-refractivity contribution in [2.45, 2.75) is 11.8 Å². The number of thiophene rings is 1. The molecule has 1 heterocycles. The quantitative estimate of drug-likeness (QED) is 0.922. The zero-order valence-corrected chi connectivity index (χ0v) is 11.9. The first-order valence-corrected chi connectivity index (χ1v) is 7.39. The van der Waals surface area contributed by atoms with Gasteiger partial charge in [-0.3, -0.25) is 0 Å². The molecule has 0 aliphatic rings. The minimum absolute atomic E-state index is 0.0385. The van der Waals surface area contributed by atoms with Crippen LogP contribution in [0.1, 0.15) is 4.88 Å². The molecular formula is C8H9BrClNO2S2. The number of hydrogen-bond donors (Lipinski definition) is 1. The Kier molecular flexibility index (Phi) is 4.37. The molecule has 3 nitrogen and oxygen atoms in total. The van der Waals surface area contributed by atoms with Gasteiger partial charge in [0, 0.05) is 16.5 Å². The highest BCUT2D eigenvalue weighted by atomic mass is 79.9. The Hall–Kier alpha value is 0.120. The van der Waals surface area contributed by atoms with Gasteiger partial charge >= 0.3 is 0 Å².